The Bertz CT molecular complexity index is 166. The van der Waals surface area contributed by atoms with Crippen molar-refractivity contribution in [2.45, 2.75) is 53.2 Å². The monoisotopic (exact) mass is 187 g/mol. The summed E-state index contributed by atoms with van der Waals surface area (Å²) in [4.78, 5) is 13.1. The van der Waals surface area contributed by atoms with Gasteiger partial charge in [0, 0.05) is 6.04 Å². The number of rotatable bonds is 3. The fraction of sp³-hybridized carbons (Fsp3) is 0.900. The first-order chi connectivity index (χ1) is 5.69. The molecule has 0 aromatic carbocycles. The van der Waals surface area contributed by atoms with Crippen LogP contribution in [0.4, 0.5) is 4.79 Å². The van der Waals surface area contributed by atoms with E-state index in [0.29, 0.717) is 6.04 Å². The van der Waals surface area contributed by atoms with Crippen molar-refractivity contribution in [1.29, 1.82) is 0 Å². The maximum atomic E-state index is 11.2. The number of ether oxygens (including phenoxy) is 1. The molecule has 0 aromatic heterocycles. The second-order valence-electron chi connectivity index (χ2n) is 3.32. The van der Waals surface area contributed by atoms with Crippen LogP contribution in [0.1, 0.15) is 41.0 Å². The van der Waals surface area contributed by atoms with E-state index < -0.39 is 0 Å². The van der Waals surface area contributed by atoms with Crippen LogP contribution in [0.15, 0.2) is 0 Å². The van der Waals surface area contributed by atoms with Gasteiger partial charge in [-0.15, -0.1) is 0 Å². The topological polar surface area (TPSA) is 29.5 Å². The zero-order valence-electron chi connectivity index (χ0n) is 8.04. The van der Waals surface area contributed by atoms with Crippen LogP contribution in [0.25, 0.3) is 0 Å². The van der Waals surface area contributed by atoms with Crippen LogP contribution >= 0.6 is 0 Å². The zero-order chi connectivity index (χ0) is 9.14. The van der Waals surface area contributed by atoms with E-state index >= 15 is 0 Å². The Balaban J connectivity index is 0.00000144. The van der Waals surface area contributed by atoms with Gasteiger partial charge in [-0.2, -0.15) is 0 Å². The Morgan fingerprint density at radius 2 is 2.08 bits per heavy atom. The molecule has 3 heteroatoms. The summed E-state index contributed by atoms with van der Waals surface area (Å²) in [6.07, 6.45) is 1.95. The predicted molar refractivity (Wildman–Crippen MR) is 53.8 cm³/mol. The number of carbonyl (C=O) groups is 1. The van der Waals surface area contributed by atoms with Gasteiger partial charge in [0.1, 0.15) is 6.10 Å². The summed E-state index contributed by atoms with van der Waals surface area (Å²) in [6, 6.07) is 0.363. The number of cyclic esters (lactones) is 1. The van der Waals surface area contributed by atoms with Gasteiger partial charge in [-0.3, -0.25) is 0 Å². The molecule has 1 unspecified atom stereocenters. The van der Waals surface area contributed by atoms with E-state index in [4.69, 9.17) is 4.74 Å². The summed E-state index contributed by atoms with van der Waals surface area (Å²) in [5.74, 6) is 0. The third-order valence-corrected chi connectivity index (χ3v) is 2.37. The van der Waals surface area contributed by atoms with Crippen LogP contribution in [0, 0.1) is 0 Å². The fourth-order valence-electron chi connectivity index (χ4n) is 1.66. The summed E-state index contributed by atoms with van der Waals surface area (Å²) >= 11 is 0. The number of nitrogens with zero attached hydrogens (tertiary/aromatic N) is 1. The smallest absolute Gasteiger partial charge is 0.410 e. The number of amides is 1. The van der Waals surface area contributed by atoms with Crippen LogP contribution in [-0.2, 0) is 4.74 Å². The van der Waals surface area contributed by atoms with E-state index in [1.54, 1.807) is 0 Å². The van der Waals surface area contributed by atoms with Crippen molar-refractivity contribution < 1.29 is 9.53 Å². The molecule has 78 valence electrons. The van der Waals surface area contributed by atoms with Gasteiger partial charge in [-0.05, 0) is 19.8 Å². The highest BCUT2D eigenvalue weighted by Crippen LogP contribution is 2.17. The number of hydrogen-bond acceptors (Lipinski definition) is 2. The summed E-state index contributed by atoms with van der Waals surface area (Å²) in [5.41, 5.74) is 0. The van der Waals surface area contributed by atoms with Crippen molar-refractivity contribution in [2.75, 3.05) is 6.54 Å². The molecule has 1 saturated heterocycles. The van der Waals surface area contributed by atoms with Crippen LogP contribution in [0.5, 0.6) is 0 Å². The summed E-state index contributed by atoms with van der Waals surface area (Å²) in [6.45, 7) is 6.89. The Morgan fingerprint density at radius 1 is 1.54 bits per heavy atom. The van der Waals surface area contributed by atoms with Crippen molar-refractivity contribution >= 4 is 6.09 Å². The molecule has 0 N–H and O–H groups in total. The van der Waals surface area contributed by atoms with Crippen LogP contribution in [0.3, 0.4) is 0 Å². The van der Waals surface area contributed by atoms with Gasteiger partial charge in [0.15, 0.2) is 0 Å². The zero-order valence-corrected chi connectivity index (χ0v) is 8.04. The second kappa shape index (κ2) is 5.10. The predicted octanol–water partition coefficient (Wildman–Crippen LogP) is 2.65. The molecule has 0 saturated carbocycles. The van der Waals surface area contributed by atoms with E-state index in [2.05, 4.69) is 13.8 Å². The fourth-order valence-corrected chi connectivity index (χ4v) is 1.66. The molecule has 0 spiro atoms. The lowest BCUT2D eigenvalue weighted by Crippen LogP contribution is -2.35. The molecule has 0 aliphatic carbocycles. The summed E-state index contributed by atoms with van der Waals surface area (Å²) in [7, 11) is 0. The lowest BCUT2D eigenvalue weighted by molar-refractivity contribution is 0.131. The van der Waals surface area contributed by atoms with Gasteiger partial charge in [0.05, 0.1) is 6.54 Å². The molecular weight excluding hydrogens is 166 g/mol. The van der Waals surface area contributed by atoms with Gasteiger partial charge >= 0.3 is 6.09 Å². The highest BCUT2D eigenvalue weighted by Gasteiger charge is 2.31. The van der Waals surface area contributed by atoms with E-state index in [1.807, 2.05) is 11.8 Å². The number of hydrogen-bond donors (Lipinski definition) is 0. The maximum Gasteiger partial charge on any atom is 0.410 e. The highest BCUT2D eigenvalue weighted by molar-refractivity contribution is 5.70. The number of carbonyl (C=O) groups excluding carboxylic acids is 1. The molecule has 1 atom stereocenters. The Morgan fingerprint density at radius 3 is 2.38 bits per heavy atom. The van der Waals surface area contributed by atoms with Gasteiger partial charge in [-0.1, -0.05) is 21.3 Å². The van der Waals surface area contributed by atoms with Crippen molar-refractivity contribution in [3.05, 3.63) is 0 Å². The molecule has 1 fully saturated rings. The van der Waals surface area contributed by atoms with E-state index in [1.165, 1.54) is 0 Å². The van der Waals surface area contributed by atoms with Crippen LogP contribution < -0.4 is 0 Å². The highest BCUT2D eigenvalue weighted by atomic mass is 16.6. The maximum absolute atomic E-state index is 11.2. The molecule has 1 aliphatic heterocycles. The quantitative estimate of drug-likeness (QED) is 0.679. The first kappa shape index (κ1) is 12.3. The molecule has 0 radical (unpaired) electrons. The van der Waals surface area contributed by atoms with E-state index in [-0.39, 0.29) is 19.6 Å². The standard InChI is InChI=1S/C9H17NO2.CH4/c1-4-8(5-2)10-6-7(3)12-9(10)11;/h7-8H,4-6H2,1-3H3;1H4. The Kier molecular flexibility index (Phi) is 4.81. The largest absolute Gasteiger partial charge is 0.444 e. The second-order valence-corrected chi connectivity index (χ2v) is 3.32. The lowest BCUT2D eigenvalue weighted by atomic mass is 10.1. The van der Waals surface area contributed by atoms with Crippen molar-refractivity contribution in [3.63, 3.8) is 0 Å². The molecule has 3 nitrogen and oxygen atoms in total. The van der Waals surface area contributed by atoms with Gasteiger partial charge in [0.2, 0.25) is 0 Å². The summed E-state index contributed by atoms with van der Waals surface area (Å²) in [5, 5.41) is 0. The third-order valence-electron chi connectivity index (χ3n) is 2.37. The Hall–Kier alpha value is -0.730. The molecule has 1 aliphatic rings. The van der Waals surface area contributed by atoms with Gasteiger partial charge in [-0.25, -0.2) is 4.79 Å². The molecule has 13 heavy (non-hydrogen) atoms. The molecule has 0 bridgehead atoms. The van der Waals surface area contributed by atoms with Crippen molar-refractivity contribution in [3.8, 4) is 0 Å². The molecule has 0 aromatic rings. The van der Waals surface area contributed by atoms with Crippen LogP contribution in [0.2, 0.25) is 0 Å². The molecular formula is C10H21NO2. The summed E-state index contributed by atoms with van der Waals surface area (Å²) < 4.78 is 5.05. The average molecular weight is 187 g/mol. The third kappa shape index (κ3) is 2.61. The normalized spacial score (nSPS) is 21.7. The van der Waals surface area contributed by atoms with Gasteiger partial charge < -0.3 is 9.64 Å². The molecule has 1 heterocycles. The first-order valence-corrected chi connectivity index (χ1v) is 4.66. The van der Waals surface area contributed by atoms with Crippen molar-refractivity contribution in [2.24, 2.45) is 0 Å². The minimum absolute atomic E-state index is 0. The Labute approximate surface area is 81.1 Å². The van der Waals surface area contributed by atoms with Crippen LogP contribution in [-0.4, -0.2) is 29.7 Å². The molecule has 1 rings (SSSR count). The minimum atomic E-state index is -0.142. The lowest BCUT2D eigenvalue weighted by Gasteiger charge is -2.22. The SMILES string of the molecule is C.CCC(CC)N1CC(C)OC1=O. The van der Waals surface area contributed by atoms with E-state index in [9.17, 15) is 4.79 Å². The first-order valence-electron chi connectivity index (χ1n) is 4.66. The molecule has 1 amide bonds. The van der Waals surface area contributed by atoms with Gasteiger partial charge in [0.25, 0.3) is 0 Å². The van der Waals surface area contributed by atoms with E-state index in [0.717, 1.165) is 19.4 Å². The average Bonchev–Trinajstić information content (AvgIpc) is 2.34. The van der Waals surface area contributed by atoms with Crippen molar-refractivity contribution in [1.82, 2.24) is 4.90 Å². The minimum Gasteiger partial charge on any atom is -0.444 e.